The first-order chi connectivity index (χ1) is 23.5. The highest BCUT2D eigenvalue weighted by Gasteiger charge is 2.40. The molecule has 50 heavy (non-hydrogen) atoms. The lowest BCUT2D eigenvalue weighted by Crippen LogP contribution is -2.50. The quantitative estimate of drug-likeness (QED) is 0.103. The topological polar surface area (TPSA) is 214 Å². The summed E-state index contributed by atoms with van der Waals surface area (Å²) in [5.41, 5.74) is 3.07. The Morgan fingerprint density at radius 3 is 2.48 bits per heavy atom. The fourth-order valence-electron chi connectivity index (χ4n) is 6.98. The van der Waals surface area contributed by atoms with Gasteiger partial charge in [-0.2, -0.15) is 16.8 Å². The summed E-state index contributed by atoms with van der Waals surface area (Å²) in [6, 6.07) is 14.0. The highest BCUT2D eigenvalue weighted by Crippen LogP contribution is 2.49. The molecule has 6 rings (SSSR count). The van der Waals surface area contributed by atoms with E-state index in [1.54, 1.807) is 18.2 Å². The van der Waals surface area contributed by atoms with Gasteiger partial charge in [-0.25, -0.2) is 9.57 Å². The molecule has 3 aromatic rings. The minimum absolute atomic E-state index is 0.123. The summed E-state index contributed by atoms with van der Waals surface area (Å²) in [6.07, 6.45) is 2.65. The standard InChI is InChI=1S/C32H35N3O9S2.O3S/c1-32(2)17-23(19-45(37,38)39)24-14-26-30(16-28(24)35(32)11-6-12-43-20-36)44-29-15-27-21(13-25(29)33-26)8-5-10-34(27)18-22-7-3-4-9-31(22)46(40,41)42;1-4(2)3/h3-4,7,9,13-16,20,23H,5-6,8,10-12,17-19H2,1-2H3,(H-,37,38,39,40,41,42);/p+1. The molecule has 0 amide bonds. The molecule has 15 nitrogen and oxygen atoms in total. The van der Waals surface area contributed by atoms with Crippen LogP contribution in [0, 0.1) is 0 Å². The fourth-order valence-corrected chi connectivity index (χ4v) is 8.50. The van der Waals surface area contributed by atoms with Gasteiger partial charge < -0.3 is 14.4 Å². The summed E-state index contributed by atoms with van der Waals surface area (Å²) >= 11 is 0. The predicted octanol–water partition coefficient (Wildman–Crippen LogP) is 2.15. The van der Waals surface area contributed by atoms with Crippen LogP contribution in [0.4, 0.5) is 11.4 Å². The van der Waals surface area contributed by atoms with Gasteiger partial charge in [-0.3, -0.25) is 13.9 Å². The summed E-state index contributed by atoms with van der Waals surface area (Å²) in [5.74, 6) is 0.109. The highest BCUT2D eigenvalue weighted by molar-refractivity contribution is 7.86. The average molecular weight is 751 g/mol. The number of benzene rings is 3. The second kappa shape index (κ2) is 14.6. The van der Waals surface area contributed by atoms with Crippen LogP contribution >= 0.6 is 0 Å². The van der Waals surface area contributed by atoms with Gasteiger partial charge in [0.15, 0.2) is 18.0 Å². The smallest absolute Gasteiger partial charge is 0.425 e. The van der Waals surface area contributed by atoms with Gasteiger partial charge in [0.1, 0.15) is 22.5 Å². The van der Waals surface area contributed by atoms with Gasteiger partial charge in [0, 0.05) is 47.3 Å². The number of hydrogen-bond acceptors (Lipinski definition) is 12. The van der Waals surface area contributed by atoms with Crippen molar-refractivity contribution in [2.75, 3.05) is 30.3 Å². The molecule has 3 aliphatic rings. The molecule has 3 aromatic carbocycles. The molecule has 1 atom stereocenters. The Hall–Kier alpha value is -4.23. The molecule has 3 heterocycles. The zero-order valence-electron chi connectivity index (χ0n) is 27.2. The van der Waals surface area contributed by atoms with E-state index in [2.05, 4.69) is 9.48 Å². The van der Waals surface area contributed by atoms with E-state index in [-0.39, 0.29) is 18.0 Å². The lowest BCUT2D eigenvalue weighted by molar-refractivity contribution is -0.128. The SMILES string of the molecule is CC1(C)CC(CS(=O)(=O)O)c2cc3c(cc2N1CCCOC=O)Oc1cc2c(cc1=N3)CCC[N+]=2Cc1ccccc1S(=O)(=O)O.O=S(=O)=O. The van der Waals surface area contributed by atoms with E-state index in [1.165, 1.54) is 6.07 Å². The van der Waals surface area contributed by atoms with Crippen LogP contribution in [0.1, 0.15) is 55.7 Å². The fraction of sp³-hybridized carbons (Fsp3) is 0.406. The predicted molar refractivity (Wildman–Crippen MR) is 179 cm³/mol. The highest BCUT2D eigenvalue weighted by atomic mass is 32.2. The average Bonchev–Trinajstić information content (AvgIpc) is 3.00. The Balaban J connectivity index is 0.00000115. The molecule has 1 unspecified atom stereocenters. The third-order valence-corrected chi connectivity index (χ3v) is 10.7. The first-order valence-electron chi connectivity index (χ1n) is 15.6. The second-order valence-corrected chi connectivity index (χ2v) is 16.1. The molecule has 2 N–H and O–H groups in total. The summed E-state index contributed by atoms with van der Waals surface area (Å²) in [5, 5.41) is 1.51. The van der Waals surface area contributed by atoms with E-state index < -0.39 is 48.1 Å². The van der Waals surface area contributed by atoms with Crippen LogP contribution in [0.15, 0.2) is 58.4 Å². The van der Waals surface area contributed by atoms with Gasteiger partial charge in [0.05, 0.1) is 18.4 Å². The Bertz CT molecular complexity index is 2290. The molecule has 0 saturated heterocycles. The number of rotatable bonds is 10. The minimum Gasteiger partial charge on any atom is -0.468 e. The van der Waals surface area contributed by atoms with Gasteiger partial charge in [0.2, 0.25) is 5.36 Å². The first kappa shape index (κ1) is 37.0. The molecule has 0 fully saturated rings. The lowest BCUT2D eigenvalue weighted by atomic mass is 9.79. The minimum atomic E-state index is -4.39. The van der Waals surface area contributed by atoms with E-state index in [9.17, 15) is 30.7 Å². The van der Waals surface area contributed by atoms with Crippen molar-refractivity contribution in [3.05, 3.63) is 75.9 Å². The van der Waals surface area contributed by atoms with E-state index in [0.29, 0.717) is 60.5 Å². The van der Waals surface area contributed by atoms with Crippen molar-refractivity contribution < 1.29 is 52.8 Å². The maximum Gasteiger partial charge on any atom is 0.425 e. The largest absolute Gasteiger partial charge is 0.468 e. The summed E-state index contributed by atoms with van der Waals surface area (Å²) < 4.78 is 106. The van der Waals surface area contributed by atoms with Crippen LogP contribution in [0.25, 0.3) is 0 Å². The summed E-state index contributed by atoms with van der Waals surface area (Å²) in [4.78, 5) is 17.6. The molecule has 0 aliphatic carbocycles. The van der Waals surface area contributed by atoms with Crippen LogP contribution in [0.3, 0.4) is 0 Å². The van der Waals surface area contributed by atoms with Crippen molar-refractivity contribution >= 4 is 48.7 Å². The summed E-state index contributed by atoms with van der Waals surface area (Å²) in [7, 11) is -11.8. The van der Waals surface area contributed by atoms with Crippen LogP contribution in [0.2, 0.25) is 0 Å². The zero-order valence-corrected chi connectivity index (χ0v) is 29.6. The van der Waals surface area contributed by atoms with Crippen LogP contribution in [0.5, 0.6) is 11.5 Å². The monoisotopic (exact) mass is 750 g/mol. The van der Waals surface area contributed by atoms with Crippen LogP contribution in [-0.4, -0.2) is 76.0 Å². The van der Waals surface area contributed by atoms with E-state index in [4.69, 9.17) is 27.1 Å². The Kier molecular flexibility index (Phi) is 10.8. The Labute approximate surface area is 290 Å². The number of ether oxygens (including phenoxy) is 2. The molecular formula is C32H36N3O12S3+. The third-order valence-electron chi connectivity index (χ3n) is 8.89. The normalized spacial score (nSPS) is 17.3. The second-order valence-electron chi connectivity index (χ2n) is 12.8. The van der Waals surface area contributed by atoms with Crippen molar-refractivity contribution in [1.82, 2.24) is 4.58 Å². The third kappa shape index (κ3) is 8.55. The zero-order chi connectivity index (χ0) is 36.4. The maximum absolute atomic E-state index is 12.0. The molecule has 0 aromatic heterocycles. The van der Waals surface area contributed by atoms with Crippen molar-refractivity contribution in [2.45, 2.75) is 62.4 Å². The van der Waals surface area contributed by atoms with Gasteiger partial charge >= 0.3 is 10.6 Å². The van der Waals surface area contributed by atoms with Gasteiger partial charge in [-0.15, -0.1) is 12.6 Å². The number of carbonyl (C=O) groups is 1. The van der Waals surface area contributed by atoms with Crippen LogP contribution < -0.4 is 24.9 Å². The lowest BCUT2D eigenvalue weighted by Gasteiger charge is -2.48. The molecule has 268 valence electrons. The molecule has 0 radical (unpaired) electrons. The van der Waals surface area contributed by atoms with E-state index in [1.807, 2.05) is 38.1 Å². The van der Waals surface area contributed by atoms with Crippen LogP contribution in [-0.2, 0) is 53.3 Å². The van der Waals surface area contributed by atoms with E-state index >= 15 is 0 Å². The Morgan fingerprint density at radius 2 is 1.80 bits per heavy atom. The number of nitrogens with zero attached hydrogens (tertiary/aromatic N) is 3. The molecular weight excluding hydrogens is 715 g/mol. The number of fused-ring (bicyclic) bond motifs is 4. The number of carbonyl (C=O) groups excluding carboxylic acids is 1. The molecule has 0 spiro atoms. The molecule has 3 aliphatic heterocycles. The van der Waals surface area contributed by atoms with E-state index in [0.717, 1.165) is 35.0 Å². The molecule has 18 heteroatoms. The van der Waals surface area contributed by atoms with Gasteiger partial charge in [0.25, 0.3) is 26.7 Å². The number of hydrogen-bond donors (Lipinski definition) is 2. The first-order valence-corrected chi connectivity index (χ1v) is 19.6. The summed E-state index contributed by atoms with van der Waals surface area (Å²) in [6.45, 7) is 6.15. The number of aryl methyl sites for hydroxylation is 1. The number of anilines is 1. The van der Waals surface area contributed by atoms with Crippen molar-refractivity contribution in [3.8, 4) is 11.5 Å². The van der Waals surface area contributed by atoms with Gasteiger partial charge in [-0.1, -0.05) is 18.2 Å². The maximum atomic E-state index is 12.0. The molecule has 0 saturated carbocycles. The van der Waals surface area contributed by atoms with Crippen molar-refractivity contribution in [3.63, 3.8) is 0 Å². The molecule has 0 bridgehead atoms. The van der Waals surface area contributed by atoms with Crippen molar-refractivity contribution in [1.29, 1.82) is 0 Å². The van der Waals surface area contributed by atoms with Gasteiger partial charge in [-0.05, 0) is 56.9 Å². The van der Waals surface area contributed by atoms with Crippen molar-refractivity contribution in [2.24, 2.45) is 4.99 Å². The Morgan fingerprint density at radius 1 is 1.08 bits per heavy atom.